The molecule has 3 rings (SSSR count). The molecule has 0 fully saturated rings. The second kappa shape index (κ2) is 8.17. The van der Waals surface area contributed by atoms with Crippen molar-refractivity contribution in [1.29, 1.82) is 0 Å². The van der Waals surface area contributed by atoms with Gasteiger partial charge >= 0.3 is 0 Å². The number of phenolic OH excluding ortho intramolecular Hbond substituents is 2. The highest BCUT2D eigenvalue weighted by Crippen LogP contribution is 2.39. The number of fused-ring (bicyclic) bond motifs is 1. The van der Waals surface area contributed by atoms with Crippen LogP contribution in [0.25, 0.3) is 22.3 Å². The first-order chi connectivity index (χ1) is 13.8. The number of alkyl halides is 1. The van der Waals surface area contributed by atoms with Gasteiger partial charge in [0, 0.05) is 27.8 Å². The maximum Gasteiger partial charge on any atom is 0.239 e. The number of ether oxygens (including phenoxy) is 1. The molecular formula is C22H20ClFO5. The van der Waals surface area contributed by atoms with E-state index in [1.54, 1.807) is 6.07 Å². The Balaban J connectivity index is 2.41. The molecule has 0 amide bonds. The van der Waals surface area contributed by atoms with E-state index in [2.05, 4.69) is 0 Å². The van der Waals surface area contributed by atoms with Gasteiger partial charge in [0.15, 0.2) is 5.76 Å². The molecule has 29 heavy (non-hydrogen) atoms. The van der Waals surface area contributed by atoms with Crippen LogP contribution in [0.2, 0.25) is 5.02 Å². The zero-order valence-electron chi connectivity index (χ0n) is 16.2. The standard InChI is InChI=1S/C22H20ClFO5/c1-11(2)4-6-14-16(25)9-17(26)18-19(27)22(28-3)20(29-21(14)18)12-5-7-15(23)13(8-12)10-24/h4-5,7-9,25-26H,6,10H2,1-3H3. The number of hydrogen-bond donors (Lipinski definition) is 2. The number of methoxy groups -OCH3 is 1. The fourth-order valence-electron chi connectivity index (χ4n) is 3.07. The van der Waals surface area contributed by atoms with E-state index in [9.17, 15) is 19.4 Å². The van der Waals surface area contributed by atoms with Crippen molar-refractivity contribution in [1.82, 2.24) is 0 Å². The third-order valence-electron chi connectivity index (χ3n) is 4.55. The van der Waals surface area contributed by atoms with E-state index in [1.807, 2.05) is 19.9 Å². The second-order valence-electron chi connectivity index (χ2n) is 6.82. The molecular weight excluding hydrogens is 399 g/mol. The van der Waals surface area contributed by atoms with E-state index >= 15 is 0 Å². The van der Waals surface area contributed by atoms with Gasteiger partial charge in [0.05, 0.1) is 7.11 Å². The van der Waals surface area contributed by atoms with Gasteiger partial charge in [0.2, 0.25) is 11.2 Å². The fraction of sp³-hybridized carbons (Fsp3) is 0.227. The number of aromatic hydroxyl groups is 2. The third-order valence-corrected chi connectivity index (χ3v) is 4.92. The summed E-state index contributed by atoms with van der Waals surface area (Å²) in [6, 6.07) is 5.65. The van der Waals surface area contributed by atoms with Gasteiger partial charge in [-0.2, -0.15) is 0 Å². The molecule has 2 aromatic carbocycles. The molecule has 2 N–H and O–H groups in total. The average molecular weight is 419 g/mol. The Morgan fingerprint density at radius 1 is 1.24 bits per heavy atom. The van der Waals surface area contributed by atoms with E-state index < -0.39 is 17.9 Å². The van der Waals surface area contributed by atoms with Crippen molar-refractivity contribution in [2.45, 2.75) is 26.9 Å². The fourth-order valence-corrected chi connectivity index (χ4v) is 3.23. The lowest BCUT2D eigenvalue weighted by molar-refractivity contribution is 0.396. The summed E-state index contributed by atoms with van der Waals surface area (Å²) in [6.45, 7) is 3.01. The lowest BCUT2D eigenvalue weighted by Gasteiger charge is -2.14. The molecule has 0 aliphatic rings. The van der Waals surface area contributed by atoms with Gasteiger partial charge < -0.3 is 19.4 Å². The summed E-state index contributed by atoms with van der Waals surface area (Å²) < 4.78 is 24.5. The third kappa shape index (κ3) is 3.80. The number of rotatable bonds is 5. The normalized spacial score (nSPS) is 10.9. The first-order valence-electron chi connectivity index (χ1n) is 8.85. The van der Waals surface area contributed by atoms with Crippen molar-refractivity contribution < 1.29 is 23.8 Å². The van der Waals surface area contributed by atoms with Gasteiger partial charge in [-0.3, -0.25) is 4.79 Å². The highest BCUT2D eigenvalue weighted by molar-refractivity contribution is 6.31. The SMILES string of the molecule is COc1c(-c2ccc(Cl)c(CF)c2)oc2c(CC=C(C)C)c(O)cc(O)c2c1=O. The molecule has 0 radical (unpaired) electrons. The molecule has 0 spiro atoms. The molecule has 152 valence electrons. The van der Waals surface area contributed by atoms with Gasteiger partial charge in [0.25, 0.3) is 0 Å². The van der Waals surface area contributed by atoms with Crippen LogP contribution >= 0.6 is 11.6 Å². The van der Waals surface area contributed by atoms with Crippen LogP contribution < -0.4 is 10.2 Å². The summed E-state index contributed by atoms with van der Waals surface area (Å²) in [5.41, 5.74) is 1.41. The molecule has 0 unspecified atom stereocenters. The summed E-state index contributed by atoms with van der Waals surface area (Å²) in [6.07, 6.45) is 2.15. The quantitative estimate of drug-likeness (QED) is 0.534. The minimum atomic E-state index is -0.791. The summed E-state index contributed by atoms with van der Waals surface area (Å²) in [5, 5.41) is 20.8. The van der Waals surface area contributed by atoms with Crippen LogP contribution in [-0.2, 0) is 13.1 Å². The molecule has 3 aromatic rings. The molecule has 0 saturated carbocycles. The summed E-state index contributed by atoms with van der Waals surface area (Å²) in [7, 11) is 1.30. The van der Waals surface area contributed by atoms with Gasteiger partial charge in [-0.25, -0.2) is 4.39 Å². The number of hydrogen-bond acceptors (Lipinski definition) is 5. The minimum Gasteiger partial charge on any atom is -0.507 e. The van der Waals surface area contributed by atoms with Crippen LogP contribution in [0, 0.1) is 0 Å². The Labute approximate surface area is 171 Å². The summed E-state index contributed by atoms with van der Waals surface area (Å²) in [4.78, 5) is 13.1. The number of halogens is 2. The van der Waals surface area contributed by atoms with E-state index in [1.165, 1.54) is 19.2 Å². The van der Waals surface area contributed by atoms with Crippen LogP contribution in [-0.4, -0.2) is 17.3 Å². The number of allylic oxidation sites excluding steroid dienone is 2. The average Bonchev–Trinajstić information content (AvgIpc) is 2.67. The first kappa shape index (κ1) is 20.7. The van der Waals surface area contributed by atoms with Gasteiger partial charge in [-0.05, 0) is 38.5 Å². The Bertz CT molecular complexity index is 1180. The highest BCUT2D eigenvalue weighted by Gasteiger charge is 2.23. The van der Waals surface area contributed by atoms with Crippen LogP contribution in [0.5, 0.6) is 17.2 Å². The van der Waals surface area contributed by atoms with E-state index in [-0.39, 0.29) is 45.2 Å². The molecule has 0 aliphatic heterocycles. The van der Waals surface area contributed by atoms with Crippen molar-refractivity contribution in [2.24, 2.45) is 0 Å². The van der Waals surface area contributed by atoms with Crippen LogP contribution in [0.3, 0.4) is 0 Å². The van der Waals surface area contributed by atoms with Crippen molar-refractivity contribution in [3.8, 4) is 28.6 Å². The van der Waals surface area contributed by atoms with E-state index in [0.717, 1.165) is 11.6 Å². The maximum atomic E-state index is 13.3. The lowest BCUT2D eigenvalue weighted by atomic mass is 10.0. The Morgan fingerprint density at radius 2 is 1.97 bits per heavy atom. The smallest absolute Gasteiger partial charge is 0.239 e. The topological polar surface area (TPSA) is 79.9 Å². The monoisotopic (exact) mass is 418 g/mol. The molecule has 0 atom stereocenters. The van der Waals surface area contributed by atoms with E-state index in [4.69, 9.17) is 20.8 Å². The predicted octanol–water partition coefficient (Wildman–Crippen LogP) is 5.51. The lowest BCUT2D eigenvalue weighted by Crippen LogP contribution is -2.09. The molecule has 0 saturated heterocycles. The van der Waals surface area contributed by atoms with Crippen molar-refractivity contribution in [2.75, 3.05) is 7.11 Å². The minimum absolute atomic E-state index is 0.0394. The van der Waals surface area contributed by atoms with Crippen LogP contribution in [0.1, 0.15) is 25.0 Å². The van der Waals surface area contributed by atoms with Gasteiger partial charge in [0.1, 0.15) is 29.1 Å². The zero-order valence-corrected chi connectivity index (χ0v) is 16.9. The zero-order chi connectivity index (χ0) is 21.3. The summed E-state index contributed by atoms with van der Waals surface area (Å²) in [5.74, 6) is -0.705. The first-order valence-corrected chi connectivity index (χ1v) is 9.23. The Kier molecular flexibility index (Phi) is 5.84. The van der Waals surface area contributed by atoms with Crippen LogP contribution in [0.4, 0.5) is 4.39 Å². The molecule has 1 aromatic heterocycles. The predicted molar refractivity (Wildman–Crippen MR) is 111 cm³/mol. The molecule has 0 bridgehead atoms. The van der Waals surface area contributed by atoms with Crippen molar-refractivity contribution in [3.05, 3.63) is 62.3 Å². The maximum absolute atomic E-state index is 13.3. The molecule has 5 nitrogen and oxygen atoms in total. The molecule has 1 heterocycles. The highest BCUT2D eigenvalue weighted by atomic mass is 35.5. The number of benzene rings is 2. The summed E-state index contributed by atoms with van der Waals surface area (Å²) >= 11 is 5.99. The number of phenols is 2. The van der Waals surface area contributed by atoms with E-state index in [0.29, 0.717) is 11.1 Å². The van der Waals surface area contributed by atoms with Crippen molar-refractivity contribution in [3.63, 3.8) is 0 Å². The molecule has 0 aliphatic carbocycles. The van der Waals surface area contributed by atoms with Crippen molar-refractivity contribution >= 4 is 22.6 Å². The molecule has 7 heteroatoms. The second-order valence-corrected chi connectivity index (χ2v) is 7.22. The largest absolute Gasteiger partial charge is 0.507 e. The van der Waals surface area contributed by atoms with Gasteiger partial charge in [-0.1, -0.05) is 23.3 Å². The van der Waals surface area contributed by atoms with Crippen LogP contribution in [0.15, 0.2) is 45.1 Å². The Hall–Kier alpha value is -2.99. The van der Waals surface area contributed by atoms with Gasteiger partial charge in [-0.15, -0.1) is 0 Å². The Morgan fingerprint density at radius 3 is 2.59 bits per heavy atom.